The maximum Gasteiger partial charge on any atom is 1.00 e. The molecular weight excluding hydrogens is 210 g/mol. The number of hydrogen-bond acceptors (Lipinski definition) is 4. The Bertz CT molecular complexity index is 212. The van der Waals surface area contributed by atoms with Crippen LogP contribution < -0.4 is 18.9 Å². The zero-order chi connectivity index (χ0) is 11.0. The third-order valence-corrected chi connectivity index (χ3v) is 3.46. The van der Waals surface area contributed by atoms with Gasteiger partial charge in [0.2, 0.25) is 7.60 Å². The molecule has 6 heteroatoms. The van der Waals surface area contributed by atoms with E-state index in [1.165, 1.54) is 14.2 Å². The van der Waals surface area contributed by atoms with Crippen LogP contribution in [-0.4, -0.2) is 20.0 Å². The van der Waals surface area contributed by atoms with Gasteiger partial charge in [-0.1, -0.05) is 19.8 Å². The molecular formula is C9H18LiO4P. The summed E-state index contributed by atoms with van der Waals surface area (Å²) in [5, 5.41) is 0. The van der Waals surface area contributed by atoms with Crippen molar-refractivity contribution in [3.63, 3.8) is 0 Å². The molecule has 0 aromatic heterocycles. The molecule has 0 aliphatic rings. The first-order chi connectivity index (χ1) is 6.58. The Morgan fingerprint density at radius 1 is 1.27 bits per heavy atom. The van der Waals surface area contributed by atoms with E-state index >= 15 is 0 Å². The van der Waals surface area contributed by atoms with Crippen molar-refractivity contribution in [3.8, 4) is 0 Å². The van der Waals surface area contributed by atoms with Gasteiger partial charge in [-0.05, 0) is 12.8 Å². The number of carbonyl (C=O) groups is 1. The van der Waals surface area contributed by atoms with Gasteiger partial charge in [0, 0.05) is 20.0 Å². The number of hydrogen-bond donors (Lipinski definition) is 0. The minimum atomic E-state index is -3.26. The molecule has 0 saturated carbocycles. The third kappa shape index (κ3) is 8.13. The molecule has 0 saturated heterocycles. The van der Waals surface area contributed by atoms with E-state index in [9.17, 15) is 9.36 Å². The van der Waals surface area contributed by atoms with Gasteiger partial charge >= 0.3 is 18.9 Å². The average Bonchev–Trinajstić information content (AvgIpc) is 2.18. The third-order valence-electron chi connectivity index (χ3n) is 1.84. The van der Waals surface area contributed by atoms with Crippen molar-refractivity contribution in [2.45, 2.75) is 32.6 Å². The molecule has 0 amide bonds. The van der Waals surface area contributed by atoms with Crippen LogP contribution >= 0.6 is 7.60 Å². The second-order valence-electron chi connectivity index (χ2n) is 2.96. The summed E-state index contributed by atoms with van der Waals surface area (Å²) in [6, 6.07) is 0. The summed E-state index contributed by atoms with van der Waals surface area (Å²) in [7, 11) is -0.732. The van der Waals surface area contributed by atoms with Crippen molar-refractivity contribution in [2.24, 2.45) is 0 Å². The summed E-state index contributed by atoms with van der Waals surface area (Å²) in [5.41, 5.74) is 0. The van der Waals surface area contributed by atoms with Crippen molar-refractivity contribution in [1.29, 1.82) is 0 Å². The van der Waals surface area contributed by atoms with E-state index in [2.05, 4.69) is 16.0 Å². The Balaban J connectivity index is 0. The summed E-state index contributed by atoms with van der Waals surface area (Å²) in [6.45, 7) is 2.06. The molecule has 0 bridgehead atoms. The van der Waals surface area contributed by atoms with Crippen molar-refractivity contribution in [1.82, 2.24) is 0 Å². The summed E-state index contributed by atoms with van der Waals surface area (Å²) >= 11 is 0. The fourth-order valence-corrected chi connectivity index (χ4v) is 1.81. The standard InChI is InChI=1S/C9H18O4P.Li/c1-4-5-6-7-9(10)8-14(11,12-2)13-3;/h8H,4-7H2,1-3H3;/q-1;+1. The van der Waals surface area contributed by atoms with E-state index in [1.54, 1.807) is 0 Å². The smallest absolute Gasteiger partial charge is 0.334 e. The Morgan fingerprint density at radius 3 is 2.20 bits per heavy atom. The molecule has 84 valence electrons. The van der Waals surface area contributed by atoms with Gasteiger partial charge in [0.05, 0.1) is 0 Å². The van der Waals surface area contributed by atoms with Crippen LogP contribution in [0.25, 0.3) is 0 Å². The van der Waals surface area contributed by atoms with E-state index in [0.29, 0.717) is 6.42 Å². The minimum Gasteiger partial charge on any atom is -0.334 e. The number of unbranched alkanes of at least 4 members (excludes halogenated alkanes) is 2. The first-order valence-corrected chi connectivity index (χ1v) is 6.29. The van der Waals surface area contributed by atoms with Gasteiger partial charge in [-0.25, -0.2) is 6.16 Å². The van der Waals surface area contributed by atoms with Crippen molar-refractivity contribution >= 4 is 13.4 Å². The number of Topliss-reactive ketones (excluding diaryl/α,β-unsaturated/α-hetero) is 1. The summed E-state index contributed by atoms with van der Waals surface area (Å²) in [5.74, 6) is -0.175. The predicted octanol–water partition coefficient (Wildman–Crippen LogP) is -0.213. The molecule has 0 atom stereocenters. The van der Waals surface area contributed by atoms with Crippen LogP contribution in [0.15, 0.2) is 0 Å². The van der Waals surface area contributed by atoms with Gasteiger partial charge in [0.15, 0.2) is 0 Å². The molecule has 0 aromatic carbocycles. The van der Waals surface area contributed by atoms with Gasteiger partial charge < -0.3 is 13.8 Å². The normalized spacial score (nSPS) is 10.6. The van der Waals surface area contributed by atoms with Crippen molar-refractivity contribution in [3.05, 3.63) is 6.16 Å². The Morgan fingerprint density at radius 2 is 1.80 bits per heavy atom. The quantitative estimate of drug-likeness (QED) is 0.249. The Kier molecular flexibility index (Phi) is 11.2. The summed E-state index contributed by atoms with van der Waals surface area (Å²) in [4.78, 5) is 11.3. The van der Waals surface area contributed by atoms with E-state index in [1.807, 2.05) is 0 Å². The Labute approximate surface area is 104 Å². The fraction of sp³-hybridized carbons (Fsp3) is 0.778. The van der Waals surface area contributed by atoms with Gasteiger partial charge in [0.25, 0.3) is 0 Å². The average molecular weight is 228 g/mol. The van der Waals surface area contributed by atoms with Gasteiger partial charge in [-0.3, -0.25) is 4.57 Å². The molecule has 4 nitrogen and oxygen atoms in total. The Hall–Kier alpha value is 0.287. The second kappa shape index (κ2) is 9.51. The van der Waals surface area contributed by atoms with E-state index in [0.717, 1.165) is 25.4 Å². The fourth-order valence-electron chi connectivity index (χ4n) is 0.970. The maximum absolute atomic E-state index is 11.5. The van der Waals surface area contributed by atoms with E-state index in [4.69, 9.17) is 0 Å². The van der Waals surface area contributed by atoms with Crippen LogP contribution in [0.1, 0.15) is 32.6 Å². The molecule has 0 unspecified atom stereocenters. The monoisotopic (exact) mass is 228 g/mol. The topological polar surface area (TPSA) is 52.6 Å². The van der Waals surface area contributed by atoms with Crippen LogP contribution in [0, 0.1) is 6.16 Å². The zero-order valence-electron chi connectivity index (χ0n) is 9.99. The summed E-state index contributed by atoms with van der Waals surface area (Å²) < 4.78 is 20.7. The maximum atomic E-state index is 11.5. The van der Waals surface area contributed by atoms with Crippen LogP contribution in [0.2, 0.25) is 0 Å². The van der Waals surface area contributed by atoms with Crippen LogP contribution in [0.5, 0.6) is 0 Å². The second-order valence-corrected chi connectivity index (χ2v) is 5.03. The zero-order valence-corrected chi connectivity index (χ0v) is 10.9. The van der Waals surface area contributed by atoms with E-state index in [-0.39, 0.29) is 24.6 Å². The molecule has 0 fully saturated rings. The molecule has 0 radical (unpaired) electrons. The molecule has 0 spiro atoms. The van der Waals surface area contributed by atoms with Gasteiger partial charge in [-0.2, -0.15) is 0 Å². The number of carbonyl (C=O) groups excluding carboxylic acids is 1. The minimum absolute atomic E-state index is 0. The molecule has 0 aromatic rings. The number of ketones is 1. The first-order valence-electron chi connectivity index (χ1n) is 4.68. The summed E-state index contributed by atoms with van der Waals surface area (Å²) in [6.07, 6.45) is 4.34. The molecule has 0 rings (SSSR count). The van der Waals surface area contributed by atoms with Crippen molar-refractivity contribution in [2.75, 3.05) is 14.2 Å². The molecule has 0 heterocycles. The van der Waals surface area contributed by atoms with E-state index < -0.39 is 7.60 Å². The molecule has 15 heavy (non-hydrogen) atoms. The van der Waals surface area contributed by atoms with Gasteiger partial charge in [0.1, 0.15) is 0 Å². The molecule has 0 N–H and O–H groups in total. The van der Waals surface area contributed by atoms with Crippen LogP contribution in [-0.2, 0) is 18.4 Å². The first kappa shape index (κ1) is 17.7. The van der Waals surface area contributed by atoms with Crippen LogP contribution in [0.3, 0.4) is 0 Å². The number of rotatable bonds is 8. The molecule has 0 aliphatic carbocycles. The predicted molar refractivity (Wildman–Crippen MR) is 55.1 cm³/mol. The van der Waals surface area contributed by atoms with Gasteiger partial charge in [-0.15, -0.1) is 0 Å². The largest absolute Gasteiger partial charge is 1.00 e. The SMILES string of the molecule is CCCCCC(=O)[CH-]P(=O)(OC)OC.[Li+]. The van der Waals surface area contributed by atoms with Crippen molar-refractivity contribution < 1.29 is 37.3 Å². The molecule has 0 aliphatic heterocycles. The van der Waals surface area contributed by atoms with Crippen LogP contribution in [0.4, 0.5) is 0 Å².